The average molecular weight is 236 g/mol. The van der Waals surface area contributed by atoms with E-state index in [1.807, 2.05) is 14.1 Å². The molecule has 92 valence electrons. The predicted octanol–water partition coefficient (Wildman–Crippen LogP) is 0.981. The monoisotopic (exact) mass is 236 g/mol. The highest BCUT2D eigenvalue weighted by molar-refractivity contribution is 5.44. The van der Waals surface area contributed by atoms with Crippen LogP contribution in [0.3, 0.4) is 0 Å². The van der Waals surface area contributed by atoms with Crippen molar-refractivity contribution in [3.8, 4) is 11.6 Å². The van der Waals surface area contributed by atoms with E-state index < -0.39 is 0 Å². The lowest BCUT2D eigenvalue weighted by Crippen LogP contribution is -2.27. The van der Waals surface area contributed by atoms with Gasteiger partial charge in [-0.25, -0.2) is 0 Å². The highest BCUT2D eigenvalue weighted by Gasteiger charge is 2.11. The van der Waals surface area contributed by atoms with Gasteiger partial charge in [-0.2, -0.15) is 4.98 Å². The fraction of sp³-hybridized carbons (Fsp3) is 0.455. The van der Waals surface area contributed by atoms with Gasteiger partial charge in [0.1, 0.15) is 0 Å². The van der Waals surface area contributed by atoms with Gasteiger partial charge in [-0.05, 0) is 26.2 Å². The third kappa shape index (κ3) is 3.15. The zero-order valence-corrected chi connectivity index (χ0v) is 10.0. The highest BCUT2D eigenvalue weighted by Crippen LogP contribution is 2.15. The second kappa shape index (κ2) is 5.60. The molecule has 2 aromatic rings. The molecule has 0 saturated carbocycles. The molecule has 0 spiro atoms. The molecule has 0 bridgehead atoms. The largest absolute Gasteiger partial charge is 0.461 e. The minimum Gasteiger partial charge on any atom is -0.461 e. The maximum atomic E-state index is 5.19. The van der Waals surface area contributed by atoms with Gasteiger partial charge < -0.3 is 14.3 Å². The zero-order valence-electron chi connectivity index (χ0n) is 10.0. The summed E-state index contributed by atoms with van der Waals surface area (Å²) in [4.78, 5) is 6.37. The van der Waals surface area contributed by atoms with Crippen LogP contribution < -0.4 is 5.32 Å². The summed E-state index contributed by atoms with van der Waals surface area (Å²) < 4.78 is 10.4. The molecular formula is C11H16N4O2. The Balaban J connectivity index is 1.94. The first-order valence-electron chi connectivity index (χ1n) is 5.49. The Morgan fingerprint density at radius 3 is 3.06 bits per heavy atom. The fourth-order valence-electron chi connectivity index (χ4n) is 1.44. The van der Waals surface area contributed by atoms with Crippen LogP contribution in [-0.4, -0.2) is 42.2 Å². The minimum atomic E-state index is 0.493. The summed E-state index contributed by atoms with van der Waals surface area (Å²) in [6, 6.07) is 3.60. The smallest absolute Gasteiger partial charge is 0.241 e. The summed E-state index contributed by atoms with van der Waals surface area (Å²) in [5.74, 6) is 1.71. The van der Waals surface area contributed by atoms with E-state index in [2.05, 4.69) is 20.4 Å². The van der Waals surface area contributed by atoms with E-state index in [-0.39, 0.29) is 0 Å². The van der Waals surface area contributed by atoms with Gasteiger partial charge in [0.2, 0.25) is 11.7 Å². The standard InChI is InChI=1S/C11H16N4O2/c1-12-5-6-15(2)8-10-13-11(14-17-10)9-4-3-7-16-9/h3-4,7,12H,5-6,8H2,1-2H3. The van der Waals surface area contributed by atoms with E-state index in [4.69, 9.17) is 8.94 Å². The summed E-state index contributed by atoms with van der Waals surface area (Å²) in [7, 11) is 3.93. The van der Waals surface area contributed by atoms with Crippen molar-refractivity contribution in [1.82, 2.24) is 20.4 Å². The Morgan fingerprint density at radius 1 is 1.47 bits per heavy atom. The van der Waals surface area contributed by atoms with Gasteiger partial charge in [0.15, 0.2) is 5.76 Å². The molecule has 0 aliphatic heterocycles. The molecule has 0 aliphatic carbocycles. The molecule has 2 heterocycles. The molecular weight excluding hydrogens is 220 g/mol. The molecule has 1 N–H and O–H groups in total. The topological polar surface area (TPSA) is 67.3 Å². The summed E-state index contributed by atoms with van der Waals surface area (Å²) in [6.45, 7) is 2.49. The lowest BCUT2D eigenvalue weighted by atomic mass is 10.4. The van der Waals surface area contributed by atoms with Crippen LogP contribution in [0.5, 0.6) is 0 Å². The molecule has 0 atom stereocenters. The molecule has 17 heavy (non-hydrogen) atoms. The molecule has 0 saturated heterocycles. The second-order valence-corrected chi connectivity index (χ2v) is 3.83. The van der Waals surface area contributed by atoms with Crippen LogP contribution in [-0.2, 0) is 6.54 Å². The van der Waals surface area contributed by atoms with Crippen molar-refractivity contribution in [2.75, 3.05) is 27.2 Å². The lowest BCUT2D eigenvalue weighted by molar-refractivity contribution is 0.268. The van der Waals surface area contributed by atoms with E-state index in [1.54, 1.807) is 18.4 Å². The average Bonchev–Trinajstić information content (AvgIpc) is 2.95. The predicted molar refractivity (Wildman–Crippen MR) is 62.3 cm³/mol. The maximum Gasteiger partial charge on any atom is 0.241 e. The first-order chi connectivity index (χ1) is 8.29. The van der Waals surface area contributed by atoms with Gasteiger partial charge in [0.25, 0.3) is 0 Å². The van der Waals surface area contributed by atoms with Crippen LogP contribution >= 0.6 is 0 Å². The van der Waals surface area contributed by atoms with Gasteiger partial charge in [-0.15, -0.1) is 0 Å². The Kier molecular flexibility index (Phi) is 3.89. The molecule has 2 rings (SSSR count). The third-order valence-corrected chi connectivity index (χ3v) is 2.36. The Morgan fingerprint density at radius 2 is 2.35 bits per heavy atom. The van der Waals surface area contributed by atoms with Crippen molar-refractivity contribution in [3.05, 3.63) is 24.3 Å². The molecule has 0 radical (unpaired) electrons. The number of nitrogens with zero attached hydrogens (tertiary/aromatic N) is 3. The van der Waals surface area contributed by atoms with Crippen molar-refractivity contribution in [1.29, 1.82) is 0 Å². The minimum absolute atomic E-state index is 0.493. The Labute approximate surface area is 99.6 Å². The van der Waals surface area contributed by atoms with E-state index >= 15 is 0 Å². The zero-order chi connectivity index (χ0) is 12.1. The van der Waals surface area contributed by atoms with Crippen LogP contribution in [0.2, 0.25) is 0 Å². The first kappa shape index (κ1) is 11.8. The molecule has 0 unspecified atom stereocenters. The van der Waals surface area contributed by atoms with Gasteiger partial charge in [-0.1, -0.05) is 5.16 Å². The quantitative estimate of drug-likeness (QED) is 0.806. The van der Waals surface area contributed by atoms with Crippen LogP contribution in [0.25, 0.3) is 11.6 Å². The van der Waals surface area contributed by atoms with Crippen molar-refractivity contribution >= 4 is 0 Å². The van der Waals surface area contributed by atoms with Crippen molar-refractivity contribution < 1.29 is 8.94 Å². The fourth-order valence-corrected chi connectivity index (χ4v) is 1.44. The van der Waals surface area contributed by atoms with E-state index in [0.29, 0.717) is 24.0 Å². The molecule has 2 aromatic heterocycles. The van der Waals surface area contributed by atoms with Crippen molar-refractivity contribution in [2.45, 2.75) is 6.54 Å². The Hall–Kier alpha value is -1.66. The molecule has 0 fully saturated rings. The SMILES string of the molecule is CNCCN(C)Cc1nc(-c2ccco2)no1. The molecule has 0 aliphatic rings. The van der Waals surface area contributed by atoms with Gasteiger partial charge in [0.05, 0.1) is 12.8 Å². The Bertz CT molecular complexity index is 438. The maximum absolute atomic E-state index is 5.19. The normalized spacial score (nSPS) is 11.2. The van der Waals surface area contributed by atoms with Crippen LogP contribution in [0.4, 0.5) is 0 Å². The van der Waals surface area contributed by atoms with Crippen molar-refractivity contribution in [2.24, 2.45) is 0 Å². The summed E-state index contributed by atoms with van der Waals surface area (Å²) in [5.41, 5.74) is 0. The van der Waals surface area contributed by atoms with E-state index in [1.165, 1.54) is 0 Å². The molecule has 6 nitrogen and oxygen atoms in total. The lowest BCUT2D eigenvalue weighted by Gasteiger charge is -2.12. The number of rotatable bonds is 6. The van der Waals surface area contributed by atoms with E-state index in [9.17, 15) is 0 Å². The number of furan rings is 1. The summed E-state index contributed by atoms with van der Waals surface area (Å²) in [5, 5.41) is 6.96. The van der Waals surface area contributed by atoms with Crippen LogP contribution in [0, 0.1) is 0 Å². The highest BCUT2D eigenvalue weighted by atomic mass is 16.5. The number of nitrogens with one attached hydrogen (secondary N) is 1. The van der Waals surface area contributed by atoms with E-state index in [0.717, 1.165) is 13.1 Å². The second-order valence-electron chi connectivity index (χ2n) is 3.83. The number of hydrogen-bond acceptors (Lipinski definition) is 6. The van der Waals surface area contributed by atoms with Crippen molar-refractivity contribution in [3.63, 3.8) is 0 Å². The first-order valence-corrected chi connectivity index (χ1v) is 5.49. The summed E-state index contributed by atoms with van der Waals surface area (Å²) >= 11 is 0. The third-order valence-electron chi connectivity index (χ3n) is 2.36. The molecule has 6 heteroatoms. The molecule has 0 aromatic carbocycles. The van der Waals surface area contributed by atoms with Crippen LogP contribution in [0.1, 0.15) is 5.89 Å². The number of hydrogen-bond donors (Lipinski definition) is 1. The number of aromatic nitrogens is 2. The van der Waals surface area contributed by atoms with Gasteiger partial charge in [0, 0.05) is 13.1 Å². The van der Waals surface area contributed by atoms with Crippen LogP contribution in [0.15, 0.2) is 27.3 Å². The molecule has 0 amide bonds. The summed E-state index contributed by atoms with van der Waals surface area (Å²) in [6.07, 6.45) is 1.59. The van der Waals surface area contributed by atoms with Gasteiger partial charge in [-0.3, -0.25) is 4.90 Å². The number of likely N-dealkylation sites (N-methyl/N-ethyl adjacent to an activating group) is 2. The van der Waals surface area contributed by atoms with Gasteiger partial charge >= 0.3 is 0 Å².